The standard InChI is InChI=1S/C17H13BrN2OS/c1-20-16(21)15(11-12-5-3-2-4-6-12)22-17(20)19-14-9-7-13(18)8-10-14/h2-11H,1H3/b15-11+,19-17?. The summed E-state index contributed by atoms with van der Waals surface area (Å²) >= 11 is 4.80. The molecule has 1 saturated heterocycles. The third kappa shape index (κ3) is 3.31. The molecule has 2 aromatic rings. The summed E-state index contributed by atoms with van der Waals surface area (Å²) in [5.41, 5.74) is 1.84. The first-order valence-corrected chi connectivity index (χ1v) is 8.31. The van der Waals surface area contributed by atoms with Crippen LogP contribution in [0.25, 0.3) is 6.08 Å². The van der Waals surface area contributed by atoms with Crippen LogP contribution in [-0.4, -0.2) is 23.0 Å². The molecule has 0 aromatic heterocycles. The highest BCUT2D eigenvalue weighted by Gasteiger charge is 2.30. The SMILES string of the molecule is CN1C(=O)/C(=C\c2ccccc2)SC1=Nc1ccc(Br)cc1. The highest BCUT2D eigenvalue weighted by Crippen LogP contribution is 2.33. The number of carbonyl (C=O) groups excluding carboxylic acids is 1. The molecule has 0 bridgehead atoms. The number of likely N-dealkylation sites (N-methyl/N-ethyl adjacent to an activating group) is 1. The average molecular weight is 373 g/mol. The lowest BCUT2D eigenvalue weighted by Gasteiger charge is -2.07. The van der Waals surface area contributed by atoms with Gasteiger partial charge in [0.25, 0.3) is 5.91 Å². The van der Waals surface area contributed by atoms with Crippen LogP contribution in [0.2, 0.25) is 0 Å². The highest BCUT2D eigenvalue weighted by atomic mass is 79.9. The van der Waals surface area contributed by atoms with Crippen LogP contribution in [0.3, 0.4) is 0 Å². The average Bonchev–Trinajstić information content (AvgIpc) is 2.79. The molecule has 0 aliphatic carbocycles. The summed E-state index contributed by atoms with van der Waals surface area (Å²) in [5, 5.41) is 0.689. The molecule has 1 heterocycles. The van der Waals surface area contributed by atoms with E-state index in [9.17, 15) is 4.79 Å². The van der Waals surface area contributed by atoms with Crippen molar-refractivity contribution in [2.45, 2.75) is 0 Å². The number of hydrogen-bond donors (Lipinski definition) is 0. The van der Waals surface area contributed by atoms with Gasteiger partial charge in [0.05, 0.1) is 10.6 Å². The molecular weight excluding hydrogens is 360 g/mol. The molecule has 1 amide bonds. The molecule has 0 saturated carbocycles. The number of rotatable bonds is 2. The maximum Gasteiger partial charge on any atom is 0.266 e. The Labute approximate surface area is 141 Å². The molecule has 0 radical (unpaired) electrons. The fourth-order valence-electron chi connectivity index (χ4n) is 1.98. The predicted molar refractivity (Wildman–Crippen MR) is 96.0 cm³/mol. The lowest BCUT2D eigenvalue weighted by molar-refractivity contribution is -0.121. The van der Waals surface area contributed by atoms with Crippen LogP contribution < -0.4 is 0 Å². The number of benzene rings is 2. The minimum Gasteiger partial charge on any atom is -0.290 e. The first kappa shape index (κ1) is 15.1. The number of halogens is 1. The van der Waals surface area contributed by atoms with E-state index in [1.165, 1.54) is 11.8 Å². The van der Waals surface area contributed by atoms with Crippen molar-refractivity contribution in [3.63, 3.8) is 0 Å². The van der Waals surface area contributed by atoms with E-state index in [2.05, 4.69) is 20.9 Å². The second-order valence-electron chi connectivity index (χ2n) is 4.76. The van der Waals surface area contributed by atoms with E-state index in [0.29, 0.717) is 10.1 Å². The number of carbonyl (C=O) groups is 1. The number of amidine groups is 1. The minimum atomic E-state index is -0.0234. The Morgan fingerprint density at radius 3 is 2.45 bits per heavy atom. The topological polar surface area (TPSA) is 32.7 Å². The van der Waals surface area contributed by atoms with Crippen molar-refractivity contribution < 1.29 is 4.79 Å². The number of hydrogen-bond acceptors (Lipinski definition) is 3. The summed E-state index contributed by atoms with van der Waals surface area (Å²) < 4.78 is 1.00. The van der Waals surface area contributed by atoms with Crippen molar-refractivity contribution in [2.24, 2.45) is 4.99 Å². The Hall–Kier alpha value is -1.85. The summed E-state index contributed by atoms with van der Waals surface area (Å²) in [7, 11) is 1.75. The zero-order chi connectivity index (χ0) is 15.5. The van der Waals surface area contributed by atoms with Gasteiger partial charge in [-0.2, -0.15) is 0 Å². The van der Waals surface area contributed by atoms with E-state index < -0.39 is 0 Å². The van der Waals surface area contributed by atoms with Crippen molar-refractivity contribution in [2.75, 3.05) is 7.05 Å². The van der Waals surface area contributed by atoms with E-state index in [1.54, 1.807) is 11.9 Å². The van der Waals surface area contributed by atoms with Gasteiger partial charge in [-0.15, -0.1) is 0 Å². The summed E-state index contributed by atoms with van der Waals surface area (Å²) in [6.45, 7) is 0. The first-order valence-electron chi connectivity index (χ1n) is 6.70. The second kappa shape index (κ2) is 6.50. The largest absolute Gasteiger partial charge is 0.290 e. The van der Waals surface area contributed by atoms with Gasteiger partial charge < -0.3 is 0 Å². The van der Waals surface area contributed by atoms with Crippen molar-refractivity contribution in [1.29, 1.82) is 0 Å². The van der Waals surface area contributed by atoms with E-state index in [-0.39, 0.29) is 5.91 Å². The number of aliphatic imine (C=N–C) groups is 1. The van der Waals surface area contributed by atoms with Crippen molar-refractivity contribution >= 4 is 50.5 Å². The molecule has 1 aliphatic heterocycles. The third-order valence-corrected chi connectivity index (χ3v) is 4.74. The summed E-state index contributed by atoms with van der Waals surface area (Å²) in [4.78, 5) is 19.1. The summed E-state index contributed by atoms with van der Waals surface area (Å²) in [5.74, 6) is -0.0234. The maximum absolute atomic E-state index is 12.3. The molecule has 0 spiro atoms. The van der Waals surface area contributed by atoms with Crippen LogP contribution in [-0.2, 0) is 4.79 Å². The Morgan fingerprint density at radius 2 is 1.77 bits per heavy atom. The molecule has 5 heteroatoms. The van der Waals surface area contributed by atoms with Crippen LogP contribution in [0.4, 0.5) is 5.69 Å². The van der Waals surface area contributed by atoms with Crippen LogP contribution >= 0.6 is 27.7 Å². The third-order valence-electron chi connectivity index (χ3n) is 3.15. The predicted octanol–water partition coefficient (Wildman–Crippen LogP) is 4.68. The quantitative estimate of drug-likeness (QED) is 0.716. The van der Waals surface area contributed by atoms with E-state index in [1.807, 2.05) is 60.7 Å². The van der Waals surface area contributed by atoms with Crippen LogP contribution in [0.1, 0.15) is 5.56 Å². The van der Waals surface area contributed by atoms with Crippen LogP contribution in [0.15, 0.2) is 69.0 Å². The van der Waals surface area contributed by atoms with Gasteiger partial charge in [0.2, 0.25) is 0 Å². The van der Waals surface area contributed by atoms with E-state index >= 15 is 0 Å². The van der Waals surface area contributed by atoms with Crippen molar-refractivity contribution in [3.8, 4) is 0 Å². The fraction of sp³-hybridized carbons (Fsp3) is 0.0588. The van der Waals surface area contributed by atoms with Crippen LogP contribution in [0, 0.1) is 0 Å². The van der Waals surface area contributed by atoms with Gasteiger partial charge in [-0.3, -0.25) is 9.69 Å². The molecule has 22 heavy (non-hydrogen) atoms. The Kier molecular flexibility index (Phi) is 4.45. The molecule has 3 nitrogen and oxygen atoms in total. The van der Waals surface area contributed by atoms with Gasteiger partial charge in [0.15, 0.2) is 5.17 Å². The molecule has 110 valence electrons. The minimum absolute atomic E-state index is 0.0234. The number of thioether (sulfide) groups is 1. The molecule has 0 atom stereocenters. The zero-order valence-electron chi connectivity index (χ0n) is 11.9. The van der Waals surface area contributed by atoms with E-state index in [0.717, 1.165) is 15.7 Å². The first-order chi connectivity index (χ1) is 10.6. The lowest BCUT2D eigenvalue weighted by Crippen LogP contribution is -2.23. The Balaban J connectivity index is 1.88. The van der Waals surface area contributed by atoms with Gasteiger partial charge in [-0.05, 0) is 47.7 Å². The molecule has 1 fully saturated rings. The van der Waals surface area contributed by atoms with Gasteiger partial charge in [0, 0.05) is 11.5 Å². The summed E-state index contributed by atoms with van der Waals surface area (Å²) in [6, 6.07) is 17.5. The zero-order valence-corrected chi connectivity index (χ0v) is 14.3. The maximum atomic E-state index is 12.3. The van der Waals surface area contributed by atoms with Crippen molar-refractivity contribution in [3.05, 3.63) is 69.5 Å². The molecule has 3 rings (SSSR count). The normalized spacial score (nSPS) is 18.5. The summed E-state index contributed by atoms with van der Waals surface area (Å²) in [6.07, 6.45) is 1.90. The molecule has 1 aliphatic rings. The number of nitrogens with zero attached hydrogens (tertiary/aromatic N) is 2. The highest BCUT2D eigenvalue weighted by molar-refractivity contribution is 9.10. The monoisotopic (exact) mass is 372 g/mol. The number of amides is 1. The van der Waals surface area contributed by atoms with Gasteiger partial charge in [0.1, 0.15) is 0 Å². The lowest BCUT2D eigenvalue weighted by atomic mass is 10.2. The second-order valence-corrected chi connectivity index (χ2v) is 6.68. The van der Waals surface area contributed by atoms with Gasteiger partial charge in [-0.1, -0.05) is 46.3 Å². The van der Waals surface area contributed by atoms with E-state index in [4.69, 9.17) is 0 Å². The van der Waals surface area contributed by atoms with Crippen LogP contribution in [0.5, 0.6) is 0 Å². The van der Waals surface area contributed by atoms with Gasteiger partial charge >= 0.3 is 0 Å². The molecule has 2 aromatic carbocycles. The molecule has 0 N–H and O–H groups in total. The van der Waals surface area contributed by atoms with Crippen molar-refractivity contribution in [1.82, 2.24) is 4.90 Å². The Bertz CT molecular complexity index is 754. The molecular formula is C17H13BrN2OS. The smallest absolute Gasteiger partial charge is 0.266 e. The van der Waals surface area contributed by atoms with Gasteiger partial charge in [-0.25, -0.2) is 4.99 Å². The fourth-order valence-corrected chi connectivity index (χ4v) is 3.23. The Morgan fingerprint density at radius 1 is 1.09 bits per heavy atom. The molecule has 0 unspecified atom stereocenters.